The van der Waals surface area contributed by atoms with E-state index in [1.54, 1.807) is 10.9 Å². The second kappa shape index (κ2) is 2.02. The van der Waals surface area contributed by atoms with Crippen molar-refractivity contribution in [2.75, 3.05) is 11.9 Å². The van der Waals surface area contributed by atoms with Crippen LogP contribution in [0.2, 0.25) is 0 Å². The van der Waals surface area contributed by atoms with Crippen LogP contribution >= 0.6 is 0 Å². The molecule has 2 rings (SSSR count). The lowest BCUT2D eigenvalue weighted by molar-refractivity contribution is 0.471. The molecular formula is C7H9N3O. The molecule has 0 atom stereocenters. The maximum Gasteiger partial charge on any atom is 0.197 e. The summed E-state index contributed by atoms with van der Waals surface area (Å²) in [4.78, 5) is 1.92. The van der Waals surface area contributed by atoms with Gasteiger partial charge >= 0.3 is 0 Å². The number of hydrogen-bond acceptors (Lipinski definition) is 3. The van der Waals surface area contributed by atoms with Crippen molar-refractivity contribution in [1.82, 2.24) is 9.78 Å². The molecule has 0 aliphatic carbocycles. The van der Waals surface area contributed by atoms with Gasteiger partial charge < -0.3 is 9.64 Å². The van der Waals surface area contributed by atoms with Gasteiger partial charge in [0.15, 0.2) is 11.6 Å². The van der Waals surface area contributed by atoms with E-state index >= 15 is 0 Å². The zero-order valence-corrected chi connectivity index (χ0v) is 6.48. The van der Waals surface area contributed by atoms with Crippen molar-refractivity contribution in [2.45, 2.75) is 0 Å². The van der Waals surface area contributed by atoms with Crippen molar-refractivity contribution < 1.29 is 4.74 Å². The first kappa shape index (κ1) is 6.27. The van der Waals surface area contributed by atoms with Crippen molar-refractivity contribution in [3.05, 3.63) is 18.7 Å². The molecule has 0 bridgehead atoms. The minimum atomic E-state index is 0.803. The van der Waals surface area contributed by atoms with Gasteiger partial charge in [0.2, 0.25) is 0 Å². The first-order valence-corrected chi connectivity index (χ1v) is 3.37. The second-order valence-electron chi connectivity index (χ2n) is 2.50. The number of anilines is 1. The monoisotopic (exact) mass is 151 g/mol. The van der Waals surface area contributed by atoms with Crippen molar-refractivity contribution >= 4 is 5.82 Å². The fraction of sp³-hybridized carbons (Fsp3) is 0.286. The van der Waals surface area contributed by atoms with Gasteiger partial charge in [-0.2, -0.15) is 5.10 Å². The zero-order valence-electron chi connectivity index (χ0n) is 6.48. The van der Waals surface area contributed by atoms with Crippen LogP contribution in [-0.4, -0.2) is 16.8 Å². The molecule has 0 N–H and O–H groups in total. The number of rotatable bonds is 0. The van der Waals surface area contributed by atoms with E-state index < -0.39 is 0 Å². The molecule has 1 aliphatic heterocycles. The van der Waals surface area contributed by atoms with E-state index in [0.29, 0.717) is 0 Å². The molecule has 4 heteroatoms. The largest absolute Gasteiger partial charge is 0.458 e. The summed E-state index contributed by atoms with van der Waals surface area (Å²) >= 11 is 0. The van der Waals surface area contributed by atoms with Gasteiger partial charge in [-0.3, -0.25) is 4.68 Å². The average Bonchev–Trinajstić information content (AvgIpc) is 2.31. The molecule has 0 saturated carbocycles. The quantitative estimate of drug-likeness (QED) is 0.547. The highest BCUT2D eigenvalue weighted by atomic mass is 16.5. The standard InChI is InChI=1S/C7H9N3O/c1-9-3-4-11-6-5-10(2)8-7(6)9/h3-5H,1-2H3. The summed E-state index contributed by atoms with van der Waals surface area (Å²) in [6, 6.07) is 0. The van der Waals surface area contributed by atoms with Crippen LogP contribution in [0.3, 0.4) is 0 Å². The smallest absolute Gasteiger partial charge is 0.197 e. The van der Waals surface area contributed by atoms with E-state index in [9.17, 15) is 0 Å². The van der Waals surface area contributed by atoms with Crippen molar-refractivity contribution in [1.29, 1.82) is 0 Å². The lowest BCUT2D eigenvalue weighted by Gasteiger charge is -2.15. The molecule has 1 aromatic rings. The highest BCUT2D eigenvalue weighted by molar-refractivity contribution is 5.54. The van der Waals surface area contributed by atoms with E-state index in [4.69, 9.17) is 4.74 Å². The van der Waals surface area contributed by atoms with Crippen LogP contribution < -0.4 is 9.64 Å². The molecule has 4 nitrogen and oxygen atoms in total. The average molecular weight is 151 g/mol. The predicted molar refractivity (Wildman–Crippen MR) is 41.4 cm³/mol. The molecule has 0 radical (unpaired) electrons. The topological polar surface area (TPSA) is 30.3 Å². The maximum absolute atomic E-state index is 5.21. The molecule has 0 spiro atoms. The highest BCUT2D eigenvalue weighted by Crippen LogP contribution is 2.28. The Hall–Kier alpha value is -1.45. The van der Waals surface area contributed by atoms with E-state index in [2.05, 4.69) is 5.10 Å². The van der Waals surface area contributed by atoms with Crippen molar-refractivity contribution in [2.24, 2.45) is 7.05 Å². The number of aryl methyl sites for hydroxylation is 1. The summed E-state index contributed by atoms with van der Waals surface area (Å²) in [7, 11) is 3.81. The Morgan fingerprint density at radius 3 is 3.00 bits per heavy atom. The van der Waals surface area contributed by atoms with Crippen LogP contribution in [0.25, 0.3) is 0 Å². The third kappa shape index (κ3) is 0.869. The number of ether oxygens (including phenoxy) is 1. The van der Waals surface area contributed by atoms with Gasteiger partial charge in [-0.1, -0.05) is 0 Å². The Morgan fingerprint density at radius 1 is 1.45 bits per heavy atom. The van der Waals surface area contributed by atoms with Crippen LogP contribution in [0.5, 0.6) is 5.75 Å². The number of fused-ring (bicyclic) bond motifs is 1. The van der Waals surface area contributed by atoms with Crippen LogP contribution in [0, 0.1) is 0 Å². The molecule has 11 heavy (non-hydrogen) atoms. The molecule has 1 aliphatic rings. The highest BCUT2D eigenvalue weighted by Gasteiger charge is 2.14. The van der Waals surface area contributed by atoms with E-state index in [-0.39, 0.29) is 0 Å². The van der Waals surface area contributed by atoms with Crippen LogP contribution in [0.4, 0.5) is 5.82 Å². The zero-order chi connectivity index (χ0) is 7.84. The molecule has 1 aromatic heterocycles. The van der Waals surface area contributed by atoms with Gasteiger partial charge in [-0.25, -0.2) is 0 Å². The predicted octanol–water partition coefficient (Wildman–Crippen LogP) is 0.720. The Kier molecular flexibility index (Phi) is 1.15. The third-order valence-corrected chi connectivity index (χ3v) is 1.59. The van der Waals surface area contributed by atoms with Gasteiger partial charge in [0.1, 0.15) is 6.26 Å². The first-order valence-electron chi connectivity index (χ1n) is 3.37. The fourth-order valence-electron chi connectivity index (χ4n) is 1.05. The van der Waals surface area contributed by atoms with Crippen molar-refractivity contribution in [3.63, 3.8) is 0 Å². The molecule has 0 amide bonds. The summed E-state index contributed by atoms with van der Waals surface area (Å²) in [5, 5.41) is 4.20. The second-order valence-corrected chi connectivity index (χ2v) is 2.50. The van der Waals surface area contributed by atoms with Crippen LogP contribution in [-0.2, 0) is 7.05 Å². The van der Waals surface area contributed by atoms with Gasteiger partial charge in [0.05, 0.1) is 6.20 Å². The summed E-state index contributed by atoms with van der Waals surface area (Å²) in [6.45, 7) is 0. The maximum atomic E-state index is 5.21. The number of nitrogens with zero attached hydrogens (tertiary/aromatic N) is 3. The summed E-state index contributed by atoms with van der Waals surface area (Å²) in [6.07, 6.45) is 5.31. The minimum absolute atomic E-state index is 0.803. The fourth-order valence-corrected chi connectivity index (χ4v) is 1.05. The molecule has 2 heterocycles. The lowest BCUT2D eigenvalue weighted by atomic mass is 10.5. The third-order valence-electron chi connectivity index (χ3n) is 1.59. The van der Waals surface area contributed by atoms with E-state index in [1.165, 1.54) is 0 Å². The Labute approximate surface area is 64.7 Å². The number of hydrogen-bond donors (Lipinski definition) is 0. The molecule has 0 fully saturated rings. The SMILES string of the molecule is CN1C=COc2cn(C)nc21. The minimum Gasteiger partial charge on any atom is -0.458 e. The molecule has 0 unspecified atom stereocenters. The molecular weight excluding hydrogens is 142 g/mol. The number of aromatic nitrogens is 2. The Bertz CT molecular complexity index is 303. The van der Waals surface area contributed by atoms with Crippen LogP contribution in [0.1, 0.15) is 0 Å². The van der Waals surface area contributed by atoms with Crippen molar-refractivity contribution in [3.8, 4) is 5.75 Å². The summed E-state index contributed by atoms with van der Waals surface area (Å²) in [5.41, 5.74) is 0. The van der Waals surface area contributed by atoms with Crippen LogP contribution in [0.15, 0.2) is 18.7 Å². The normalized spacial score (nSPS) is 14.5. The van der Waals surface area contributed by atoms with Gasteiger partial charge in [-0.05, 0) is 0 Å². The molecule has 0 aromatic carbocycles. The van der Waals surface area contributed by atoms with E-state index in [1.807, 2.05) is 31.4 Å². The summed E-state index contributed by atoms with van der Waals surface area (Å²) < 4.78 is 6.94. The molecule has 58 valence electrons. The van der Waals surface area contributed by atoms with Gasteiger partial charge in [0, 0.05) is 20.3 Å². The summed E-state index contributed by atoms with van der Waals surface area (Å²) in [5.74, 6) is 1.66. The van der Waals surface area contributed by atoms with Gasteiger partial charge in [0.25, 0.3) is 0 Å². The van der Waals surface area contributed by atoms with Gasteiger partial charge in [-0.15, -0.1) is 0 Å². The Morgan fingerprint density at radius 2 is 2.27 bits per heavy atom. The first-order chi connectivity index (χ1) is 5.27. The lowest BCUT2D eigenvalue weighted by Crippen LogP contribution is -2.13. The Balaban J connectivity index is 2.49. The van der Waals surface area contributed by atoms with E-state index in [0.717, 1.165) is 11.6 Å². The molecule has 0 saturated heterocycles.